The molecular weight excluding hydrogens is 308 g/mol. The zero-order valence-corrected chi connectivity index (χ0v) is 13.8. The van der Waals surface area contributed by atoms with E-state index in [1.165, 1.54) is 4.68 Å². The Kier molecular flexibility index (Phi) is 6.30. The van der Waals surface area contributed by atoms with E-state index in [-0.39, 0.29) is 5.69 Å². The third-order valence-corrected chi connectivity index (χ3v) is 3.02. The molecule has 0 aromatic carbocycles. The van der Waals surface area contributed by atoms with Crippen LogP contribution in [-0.4, -0.2) is 35.9 Å². The lowest BCUT2D eigenvalue weighted by Gasteiger charge is -1.96. The molecule has 2 rings (SSSR count). The van der Waals surface area contributed by atoms with Gasteiger partial charge in [0.15, 0.2) is 0 Å². The summed E-state index contributed by atoms with van der Waals surface area (Å²) in [6.45, 7) is 8.64. The zero-order chi connectivity index (χ0) is 16.9. The van der Waals surface area contributed by atoms with Gasteiger partial charge in [-0.25, -0.2) is 4.79 Å². The van der Waals surface area contributed by atoms with Gasteiger partial charge in [0.25, 0.3) is 5.24 Å². The predicted molar refractivity (Wildman–Crippen MR) is 82.4 cm³/mol. The second kappa shape index (κ2) is 7.74. The molecule has 0 atom stereocenters. The molecule has 0 spiro atoms. The van der Waals surface area contributed by atoms with Crippen molar-refractivity contribution in [3.05, 3.63) is 34.9 Å². The SMILES string of the molecule is CCn1nc(C)cc1C(=O)Cl.CCn1nc(C)cc1C(=O)O. The Morgan fingerprint density at radius 3 is 1.73 bits per heavy atom. The molecule has 0 bridgehead atoms. The Balaban J connectivity index is 0.000000220. The largest absolute Gasteiger partial charge is 0.477 e. The van der Waals surface area contributed by atoms with Crippen molar-refractivity contribution >= 4 is 22.8 Å². The van der Waals surface area contributed by atoms with Crippen molar-refractivity contribution in [1.82, 2.24) is 19.6 Å². The highest BCUT2D eigenvalue weighted by Gasteiger charge is 2.10. The summed E-state index contributed by atoms with van der Waals surface area (Å²) in [5.41, 5.74) is 2.27. The molecule has 0 radical (unpaired) electrons. The smallest absolute Gasteiger partial charge is 0.354 e. The molecule has 1 N–H and O–H groups in total. The molecule has 22 heavy (non-hydrogen) atoms. The highest BCUT2D eigenvalue weighted by molar-refractivity contribution is 6.67. The maximum atomic E-state index is 10.7. The maximum absolute atomic E-state index is 10.7. The molecule has 0 aliphatic heterocycles. The summed E-state index contributed by atoms with van der Waals surface area (Å²) in [6, 6.07) is 3.24. The van der Waals surface area contributed by atoms with E-state index in [2.05, 4.69) is 10.2 Å². The number of nitrogens with zero attached hydrogens (tertiary/aromatic N) is 4. The molecule has 0 aliphatic rings. The number of aromatic carboxylic acids is 1. The van der Waals surface area contributed by atoms with E-state index < -0.39 is 11.2 Å². The second-order valence-corrected chi connectivity index (χ2v) is 4.90. The van der Waals surface area contributed by atoms with Crippen molar-refractivity contribution in [1.29, 1.82) is 0 Å². The molecule has 0 aliphatic carbocycles. The molecule has 0 fully saturated rings. The Labute approximate surface area is 133 Å². The number of carbonyl (C=O) groups excluding carboxylic acids is 1. The number of rotatable bonds is 4. The van der Waals surface area contributed by atoms with Crippen LogP contribution in [0.2, 0.25) is 0 Å². The van der Waals surface area contributed by atoms with Crippen molar-refractivity contribution < 1.29 is 14.7 Å². The van der Waals surface area contributed by atoms with Crippen LogP contribution < -0.4 is 0 Å². The van der Waals surface area contributed by atoms with E-state index in [1.54, 1.807) is 23.7 Å². The summed E-state index contributed by atoms with van der Waals surface area (Å²) >= 11 is 5.30. The number of hydrogen-bond donors (Lipinski definition) is 1. The molecule has 120 valence electrons. The lowest BCUT2D eigenvalue weighted by atomic mass is 10.4. The Bertz CT molecular complexity index is 617. The number of carbonyl (C=O) groups is 2. The topological polar surface area (TPSA) is 90.0 Å². The quantitative estimate of drug-likeness (QED) is 0.872. The van der Waals surface area contributed by atoms with Crippen LogP contribution in [0, 0.1) is 13.8 Å². The zero-order valence-electron chi connectivity index (χ0n) is 13.0. The first-order valence-electron chi connectivity index (χ1n) is 6.82. The third kappa shape index (κ3) is 4.42. The van der Waals surface area contributed by atoms with Crippen LogP contribution in [0.1, 0.15) is 46.2 Å². The highest BCUT2D eigenvalue weighted by Crippen LogP contribution is 2.06. The standard InChI is InChI=1S/C7H9ClN2O.C7H10N2O2/c1-3-10-6(7(8)11)4-5(2)9-10;1-3-9-6(7(10)11)4-5(2)8-9/h4H,3H2,1-2H3;4H,3H2,1-2H3,(H,10,11). The third-order valence-electron chi connectivity index (χ3n) is 2.82. The molecule has 2 aromatic rings. The number of aryl methyl sites for hydroxylation is 4. The molecule has 0 amide bonds. The number of halogens is 1. The van der Waals surface area contributed by atoms with Gasteiger partial charge in [0.1, 0.15) is 11.4 Å². The summed E-state index contributed by atoms with van der Waals surface area (Å²) < 4.78 is 3.06. The van der Waals surface area contributed by atoms with Crippen molar-refractivity contribution in [3.8, 4) is 0 Å². The van der Waals surface area contributed by atoms with Crippen molar-refractivity contribution in [2.45, 2.75) is 40.8 Å². The molecule has 0 saturated carbocycles. The average Bonchev–Trinajstić information content (AvgIpc) is 3.02. The van der Waals surface area contributed by atoms with Crippen molar-refractivity contribution in [3.63, 3.8) is 0 Å². The molecule has 0 saturated heterocycles. The number of hydrogen-bond acceptors (Lipinski definition) is 4. The Hall–Kier alpha value is -2.15. The molecule has 8 heteroatoms. The van der Waals surface area contributed by atoms with Crippen LogP contribution in [0.25, 0.3) is 0 Å². The fourth-order valence-corrected chi connectivity index (χ4v) is 2.06. The predicted octanol–water partition coefficient (Wildman–Crippen LogP) is 2.50. The van der Waals surface area contributed by atoms with Crippen LogP contribution in [0.3, 0.4) is 0 Å². The minimum absolute atomic E-state index is 0.255. The lowest BCUT2D eigenvalue weighted by molar-refractivity contribution is 0.0683. The molecule has 2 heterocycles. The van der Waals surface area contributed by atoms with Gasteiger partial charge in [-0.3, -0.25) is 14.2 Å². The van der Waals surface area contributed by atoms with Gasteiger partial charge < -0.3 is 5.11 Å². The van der Waals surface area contributed by atoms with Gasteiger partial charge in [-0.1, -0.05) is 0 Å². The molecular formula is C14H19ClN4O3. The molecule has 0 unspecified atom stereocenters. The van der Waals surface area contributed by atoms with Gasteiger partial charge >= 0.3 is 5.97 Å². The average molecular weight is 327 g/mol. The van der Waals surface area contributed by atoms with Crippen LogP contribution in [-0.2, 0) is 13.1 Å². The minimum atomic E-state index is -0.924. The highest BCUT2D eigenvalue weighted by atomic mass is 35.5. The van der Waals surface area contributed by atoms with Gasteiger partial charge in [-0.2, -0.15) is 10.2 Å². The number of carboxylic acid groups (broad SMARTS) is 1. The first kappa shape index (κ1) is 17.9. The fraction of sp³-hybridized carbons (Fsp3) is 0.429. The first-order chi connectivity index (χ1) is 10.3. The summed E-state index contributed by atoms with van der Waals surface area (Å²) in [4.78, 5) is 21.3. The van der Waals surface area contributed by atoms with Crippen LogP contribution >= 0.6 is 11.6 Å². The molecule has 7 nitrogen and oxygen atoms in total. The van der Waals surface area contributed by atoms with Crippen LogP contribution in [0.4, 0.5) is 0 Å². The van der Waals surface area contributed by atoms with Crippen molar-refractivity contribution in [2.75, 3.05) is 0 Å². The minimum Gasteiger partial charge on any atom is -0.477 e. The fourth-order valence-electron chi connectivity index (χ4n) is 1.90. The van der Waals surface area contributed by atoms with Gasteiger partial charge in [-0.15, -0.1) is 0 Å². The monoisotopic (exact) mass is 326 g/mol. The summed E-state index contributed by atoms with van der Waals surface area (Å²) in [5, 5.41) is 16.2. The van der Waals surface area contributed by atoms with Crippen LogP contribution in [0.15, 0.2) is 12.1 Å². The van der Waals surface area contributed by atoms with E-state index in [0.717, 1.165) is 11.4 Å². The maximum Gasteiger partial charge on any atom is 0.354 e. The lowest BCUT2D eigenvalue weighted by Crippen LogP contribution is -2.07. The summed E-state index contributed by atoms with van der Waals surface area (Å²) in [6.07, 6.45) is 0. The van der Waals surface area contributed by atoms with E-state index in [0.29, 0.717) is 18.8 Å². The van der Waals surface area contributed by atoms with E-state index in [4.69, 9.17) is 16.7 Å². The van der Waals surface area contributed by atoms with Gasteiger partial charge in [0.05, 0.1) is 11.4 Å². The Morgan fingerprint density at radius 2 is 1.45 bits per heavy atom. The summed E-state index contributed by atoms with van der Waals surface area (Å²) in [5.74, 6) is -0.924. The van der Waals surface area contributed by atoms with Crippen LogP contribution in [0.5, 0.6) is 0 Å². The van der Waals surface area contributed by atoms with Gasteiger partial charge in [0, 0.05) is 13.1 Å². The first-order valence-corrected chi connectivity index (χ1v) is 7.19. The van der Waals surface area contributed by atoms with E-state index in [9.17, 15) is 9.59 Å². The molecule has 2 aromatic heterocycles. The van der Waals surface area contributed by atoms with E-state index >= 15 is 0 Å². The van der Waals surface area contributed by atoms with Gasteiger partial charge in [0.2, 0.25) is 0 Å². The second-order valence-electron chi connectivity index (χ2n) is 4.55. The van der Waals surface area contributed by atoms with Gasteiger partial charge in [-0.05, 0) is 51.4 Å². The summed E-state index contributed by atoms with van der Waals surface area (Å²) in [7, 11) is 0. The normalized spacial score (nSPS) is 10.0. The Morgan fingerprint density at radius 1 is 1.05 bits per heavy atom. The number of carboxylic acids is 1. The van der Waals surface area contributed by atoms with E-state index in [1.807, 2.05) is 20.8 Å². The number of aromatic nitrogens is 4. The van der Waals surface area contributed by atoms with Crippen molar-refractivity contribution in [2.24, 2.45) is 0 Å².